The maximum Gasteiger partial charge on any atom is 0.308 e. The predicted octanol–water partition coefficient (Wildman–Crippen LogP) is 2.70. The smallest absolute Gasteiger partial charge is 0.308 e. The third-order valence-corrected chi connectivity index (χ3v) is 4.16. The van der Waals surface area contributed by atoms with Gasteiger partial charge in [-0.05, 0) is 25.0 Å². The van der Waals surface area contributed by atoms with Crippen molar-refractivity contribution in [1.82, 2.24) is 10.5 Å². The number of aliphatic carboxylic acids is 1. The van der Waals surface area contributed by atoms with Crippen LogP contribution in [0.2, 0.25) is 0 Å². The van der Waals surface area contributed by atoms with Crippen LogP contribution in [-0.4, -0.2) is 28.2 Å². The molecule has 2 heterocycles. The van der Waals surface area contributed by atoms with Gasteiger partial charge in [-0.2, -0.15) is 0 Å². The van der Waals surface area contributed by atoms with Gasteiger partial charge in [-0.1, -0.05) is 24.4 Å². The molecule has 1 amide bonds. The second kappa shape index (κ2) is 6.68. The largest absolute Gasteiger partial charge is 0.481 e. The Kier molecular flexibility index (Phi) is 4.45. The predicted molar refractivity (Wildman–Crippen MR) is 79.7 cm³/mol. The molecule has 1 aliphatic rings. The van der Waals surface area contributed by atoms with Crippen molar-refractivity contribution in [3.8, 4) is 11.5 Å². The van der Waals surface area contributed by atoms with E-state index in [9.17, 15) is 14.7 Å². The molecule has 0 spiro atoms. The van der Waals surface area contributed by atoms with Gasteiger partial charge in [-0.3, -0.25) is 9.59 Å². The number of hydrogen-bond acceptors (Lipinski definition) is 5. The minimum atomic E-state index is -0.867. The summed E-state index contributed by atoms with van der Waals surface area (Å²) in [7, 11) is 0. The summed E-state index contributed by atoms with van der Waals surface area (Å²) in [6, 6.07) is 4.51. The van der Waals surface area contributed by atoms with Crippen LogP contribution in [0.4, 0.5) is 0 Å². The molecule has 2 aromatic heterocycles. The van der Waals surface area contributed by atoms with Crippen LogP contribution in [0.5, 0.6) is 0 Å². The maximum atomic E-state index is 12.3. The van der Waals surface area contributed by atoms with Crippen molar-refractivity contribution in [3.05, 3.63) is 30.2 Å². The lowest BCUT2D eigenvalue weighted by Crippen LogP contribution is -2.42. The summed E-state index contributed by atoms with van der Waals surface area (Å²) in [4.78, 5) is 23.7. The summed E-state index contributed by atoms with van der Waals surface area (Å²) in [5.41, 5.74) is 0.116. The highest BCUT2D eigenvalue weighted by Gasteiger charge is 2.31. The molecule has 7 nitrogen and oxygen atoms in total. The number of furan rings is 1. The van der Waals surface area contributed by atoms with Crippen LogP contribution in [0.25, 0.3) is 11.5 Å². The number of hydrogen-bond donors (Lipinski definition) is 2. The number of carboxylic acid groups (broad SMARTS) is 1. The number of nitrogens with one attached hydrogen (secondary N) is 1. The van der Waals surface area contributed by atoms with E-state index >= 15 is 0 Å². The first-order valence-electron chi connectivity index (χ1n) is 7.69. The van der Waals surface area contributed by atoms with Crippen molar-refractivity contribution in [2.24, 2.45) is 5.92 Å². The van der Waals surface area contributed by atoms with Crippen LogP contribution in [0.1, 0.15) is 42.6 Å². The first-order valence-corrected chi connectivity index (χ1v) is 7.69. The van der Waals surface area contributed by atoms with Crippen molar-refractivity contribution >= 4 is 11.9 Å². The minimum absolute atomic E-state index is 0.116. The second-order valence-electron chi connectivity index (χ2n) is 5.72. The Hall–Kier alpha value is -2.57. The van der Waals surface area contributed by atoms with E-state index in [0.29, 0.717) is 24.4 Å². The van der Waals surface area contributed by atoms with Crippen molar-refractivity contribution in [3.63, 3.8) is 0 Å². The van der Waals surface area contributed by atoms with Gasteiger partial charge < -0.3 is 19.4 Å². The molecular formula is C16H18N2O5. The number of amides is 1. The molecule has 2 atom stereocenters. The number of carbonyl (C=O) groups excluding carboxylic acids is 1. The molecule has 1 fully saturated rings. The quantitative estimate of drug-likeness (QED) is 0.840. The summed E-state index contributed by atoms with van der Waals surface area (Å²) in [5, 5.41) is 15.9. The molecule has 122 valence electrons. The molecule has 2 aromatic rings. The fourth-order valence-electron chi connectivity index (χ4n) is 2.94. The molecule has 0 aliphatic heterocycles. The van der Waals surface area contributed by atoms with E-state index in [4.69, 9.17) is 8.94 Å². The van der Waals surface area contributed by atoms with Crippen LogP contribution in [0.15, 0.2) is 33.4 Å². The molecule has 7 heteroatoms. The molecule has 0 radical (unpaired) electrons. The van der Waals surface area contributed by atoms with Crippen LogP contribution in [0, 0.1) is 5.92 Å². The van der Waals surface area contributed by atoms with E-state index in [1.54, 1.807) is 12.1 Å². The van der Waals surface area contributed by atoms with Crippen LogP contribution >= 0.6 is 0 Å². The van der Waals surface area contributed by atoms with Gasteiger partial charge in [0.1, 0.15) is 0 Å². The van der Waals surface area contributed by atoms with E-state index in [0.717, 1.165) is 19.3 Å². The third-order valence-electron chi connectivity index (χ3n) is 4.16. The van der Waals surface area contributed by atoms with Crippen molar-refractivity contribution in [2.45, 2.75) is 38.1 Å². The summed E-state index contributed by atoms with van der Waals surface area (Å²) in [6.45, 7) is 0. The molecule has 1 saturated carbocycles. The Morgan fingerprint density at radius 2 is 2.04 bits per heavy atom. The Bertz CT molecular complexity index is 676. The van der Waals surface area contributed by atoms with Gasteiger partial charge in [-0.25, -0.2) is 0 Å². The topological polar surface area (TPSA) is 106 Å². The van der Waals surface area contributed by atoms with Gasteiger partial charge in [0.2, 0.25) is 5.76 Å². The Labute approximate surface area is 132 Å². The molecular weight excluding hydrogens is 300 g/mol. The van der Waals surface area contributed by atoms with Gasteiger partial charge in [-0.15, -0.1) is 0 Å². The second-order valence-corrected chi connectivity index (χ2v) is 5.72. The van der Waals surface area contributed by atoms with E-state index in [2.05, 4.69) is 10.5 Å². The van der Waals surface area contributed by atoms with E-state index in [1.165, 1.54) is 12.3 Å². The number of aromatic nitrogens is 1. The van der Waals surface area contributed by atoms with Gasteiger partial charge >= 0.3 is 5.97 Å². The number of nitrogens with zero attached hydrogens (tertiary/aromatic N) is 1. The molecule has 2 N–H and O–H groups in total. The fourth-order valence-corrected chi connectivity index (χ4v) is 2.94. The molecule has 1 aliphatic carbocycles. The SMILES string of the molecule is O=C(N[C@H]1CCCCC[C@H]1C(=O)O)c1cc(-c2ccco2)on1. The number of carbonyl (C=O) groups is 2. The lowest BCUT2D eigenvalue weighted by atomic mass is 9.95. The third kappa shape index (κ3) is 3.44. The number of rotatable bonds is 4. The highest BCUT2D eigenvalue weighted by Crippen LogP contribution is 2.25. The summed E-state index contributed by atoms with van der Waals surface area (Å²) >= 11 is 0. The molecule has 0 saturated heterocycles. The van der Waals surface area contributed by atoms with Crippen molar-refractivity contribution < 1.29 is 23.6 Å². The molecule has 0 aromatic carbocycles. The van der Waals surface area contributed by atoms with E-state index in [1.807, 2.05) is 0 Å². The van der Waals surface area contributed by atoms with Crippen molar-refractivity contribution in [2.75, 3.05) is 0 Å². The normalized spacial score (nSPS) is 21.6. The molecule has 3 rings (SSSR count). The molecule has 0 bridgehead atoms. The molecule has 23 heavy (non-hydrogen) atoms. The summed E-state index contributed by atoms with van der Waals surface area (Å²) < 4.78 is 10.3. The monoisotopic (exact) mass is 318 g/mol. The van der Waals surface area contributed by atoms with Crippen molar-refractivity contribution in [1.29, 1.82) is 0 Å². The van der Waals surface area contributed by atoms with Gasteiger partial charge in [0.25, 0.3) is 5.91 Å². The van der Waals surface area contributed by atoms with Gasteiger partial charge in [0.05, 0.1) is 12.2 Å². The number of carboxylic acids is 1. The summed E-state index contributed by atoms with van der Waals surface area (Å²) in [6.07, 6.45) is 5.51. The van der Waals surface area contributed by atoms with Gasteiger partial charge in [0, 0.05) is 12.1 Å². The zero-order valence-corrected chi connectivity index (χ0v) is 12.5. The van der Waals surface area contributed by atoms with Gasteiger partial charge in [0.15, 0.2) is 11.5 Å². The van der Waals surface area contributed by atoms with Crippen LogP contribution in [-0.2, 0) is 4.79 Å². The zero-order valence-electron chi connectivity index (χ0n) is 12.5. The average molecular weight is 318 g/mol. The molecule has 0 unspecified atom stereocenters. The van der Waals surface area contributed by atoms with Crippen LogP contribution in [0.3, 0.4) is 0 Å². The highest BCUT2D eigenvalue weighted by molar-refractivity contribution is 5.93. The fraction of sp³-hybridized carbons (Fsp3) is 0.438. The average Bonchev–Trinajstić information content (AvgIpc) is 3.15. The standard InChI is InChI=1S/C16H18N2O5/c19-15(12-9-14(23-18-12)13-7-4-8-22-13)17-11-6-3-1-2-5-10(11)16(20)21/h4,7-11H,1-3,5-6H2,(H,17,19)(H,20,21)/t10-,11+/m1/s1. The first kappa shape index (κ1) is 15.3. The van der Waals surface area contributed by atoms with E-state index < -0.39 is 17.8 Å². The Morgan fingerprint density at radius 3 is 2.78 bits per heavy atom. The van der Waals surface area contributed by atoms with E-state index in [-0.39, 0.29) is 11.7 Å². The Balaban J connectivity index is 1.71. The zero-order chi connectivity index (χ0) is 16.2. The first-order chi connectivity index (χ1) is 11.1. The lowest BCUT2D eigenvalue weighted by Gasteiger charge is -2.22. The summed E-state index contributed by atoms with van der Waals surface area (Å²) in [5.74, 6) is -1.01. The lowest BCUT2D eigenvalue weighted by molar-refractivity contribution is -0.142. The Morgan fingerprint density at radius 1 is 1.22 bits per heavy atom. The van der Waals surface area contributed by atoms with Crippen LogP contribution < -0.4 is 5.32 Å². The minimum Gasteiger partial charge on any atom is -0.481 e. The highest BCUT2D eigenvalue weighted by atomic mass is 16.5. The maximum absolute atomic E-state index is 12.3.